The van der Waals surface area contributed by atoms with Crippen LogP contribution in [0.3, 0.4) is 0 Å². The molecule has 0 aliphatic carbocycles. The maximum atomic E-state index is 10.1. The first-order valence-corrected chi connectivity index (χ1v) is 4.29. The molecule has 1 rings (SSSR count). The zero-order valence-electron chi connectivity index (χ0n) is 6.32. The fourth-order valence-corrected chi connectivity index (χ4v) is 1.06. The Morgan fingerprint density at radius 3 is 2.82 bits per heavy atom. The van der Waals surface area contributed by atoms with Crippen molar-refractivity contribution in [3.05, 3.63) is 24.2 Å². The van der Waals surface area contributed by atoms with E-state index in [1.165, 1.54) is 6.26 Å². The number of rotatable bonds is 3. The molecule has 0 aromatic carbocycles. The zero-order valence-corrected chi connectivity index (χ0v) is 9.21. The van der Waals surface area contributed by atoms with Crippen LogP contribution in [0.2, 0.25) is 0 Å². The SMILES string of the molecule is O=[P+]([O-])CCc1ccco1.[Na+]. The van der Waals surface area contributed by atoms with Crippen LogP contribution in [0.15, 0.2) is 22.8 Å². The van der Waals surface area contributed by atoms with Crippen LogP contribution in [0.25, 0.3) is 0 Å². The van der Waals surface area contributed by atoms with E-state index in [9.17, 15) is 9.46 Å². The molecule has 0 saturated heterocycles. The fourth-order valence-electron chi connectivity index (χ4n) is 0.656. The van der Waals surface area contributed by atoms with E-state index in [0.29, 0.717) is 6.42 Å². The van der Waals surface area contributed by atoms with Gasteiger partial charge in [-0.2, -0.15) is 0 Å². The second kappa shape index (κ2) is 5.92. The van der Waals surface area contributed by atoms with Gasteiger partial charge in [-0.15, -0.1) is 0 Å². The maximum absolute atomic E-state index is 10.1. The number of hydrogen-bond donors (Lipinski definition) is 0. The first kappa shape index (κ1) is 11.3. The van der Waals surface area contributed by atoms with Gasteiger partial charge in [0.05, 0.1) is 6.26 Å². The van der Waals surface area contributed by atoms with E-state index < -0.39 is 8.03 Å². The minimum absolute atomic E-state index is 0. The molecular formula is C6H7NaO3P+. The quantitative estimate of drug-likeness (QED) is 0.397. The van der Waals surface area contributed by atoms with Crippen molar-refractivity contribution in [3.8, 4) is 0 Å². The molecule has 11 heavy (non-hydrogen) atoms. The van der Waals surface area contributed by atoms with E-state index in [4.69, 9.17) is 4.42 Å². The van der Waals surface area contributed by atoms with Gasteiger partial charge in [-0.25, -0.2) is 0 Å². The Labute approximate surface area is 88.0 Å². The molecule has 0 aliphatic heterocycles. The summed E-state index contributed by atoms with van der Waals surface area (Å²) in [5.74, 6) is 0.721. The Kier molecular flexibility index (Phi) is 6.11. The van der Waals surface area contributed by atoms with Crippen LogP contribution < -0.4 is 34.5 Å². The van der Waals surface area contributed by atoms with Crippen molar-refractivity contribution in [2.45, 2.75) is 6.42 Å². The molecule has 1 atom stereocenters. The summed E-state index contributed by atoms with van der Waals surface area (Å²) in [6.45, 7) is 0. The largest absolute Gasteiger partial charge is 1.00 e. The van der Waals surface area contributed by atoms with Gasteiger partial charge in [0.1, 0.15) is 11.9 Å². The third kappa shape index (κ3) is 4.72. The van der Waals surface area contributed by atoms with Crippen molar-refractivity contribution in [1.29, 1.82) is 0 Å². The average Bonchev–Trinajstić information content (AvgIpc) is 2.34. The Balaban J connectivity index is 0.000001000. The van der Waals surface area contributed by atoms with Gasteiger partial charge in [0, 0.05) is 6.42 Å². The summed E-state index contributed by atoms with van der Waals surface area (Å²) in [4.78, 5) is 10.1. The monoisotopic (exact) mass is 181 g/mol. The first-order valence-electron chi connectivity index (χ1n) is 2.93. The molecule has 0 fully saturated rings. The molecule has 0 aliphatic rings. The van der Waals surface area contributed by atoms with Crippen molar-refractivity contribution in [3.63, 3.8) is 0 Å². The molecule has 1 aromatic rings. The Bertz CT molecular complexity index is 210. The molecule has 1 heterocycles. The van der Waals surface area contributed by atoms with Gasteiger partial charge in [-0.05, 0) is 12.1 Å². The molecule has 1 unspecified atom stereocenters. The smallest absolute Gasteiger partial charge is 0.596 e. The summed E-state index contributed by atoms with van der Waals surface area (Å²) >= 11 is 0. The average molecular weight is 181 g/mol. The number of hydrogen-bond acceptors (Lipinski definition) is 3. The summed E-state index contributed by atoms with van der Waals surface area (Å²) in [5, 5.41) is 0. The standard InChI is InChI=1S/C6H7O3P.Na/c7-10(8)5-3-6-2-1-4-9-6;/h1-2,4H,3,5H2;/q;+1. The molecule has 0 N–H and O–H groups in total. The van der Waals surface area contributed by atoms with E-state index in [0.717, 1.165) is 5.76 Å². The van der Waals surface area contributed by atoms with Gasteiger partial charge in [-0.1, -0.05) is 4.57 Å². The summed E-state index contributed by atoms with van der Waals surface area (Å²) < 4.78 is 15.0. The van der Waals surface area contributed by atoms with Gasteiger partial charge < -0.3 is 9.31 Å². The third-order valence-corrected chi connectivity index (χ3v) is 1.71. The summed E-state index contributed by atoms with van der Waals surface area (Å²) in [5.41, 5.74) is 0. The molecule has 0 spiro atoms. The van der Waals surface area contributed by atoms with Crippen LogP contribution in [0.5, 0.6) is 0 Å². The van der Waals surface area contributed by atoms with Crippen LogP contribution >= 0.6 is 8.03 Å². The number of aryl methyl sites for hydroxylation is 1. The van der Waals surface area contributed by atoms with E-state index in [1.807, 2.05) is 0 Å². The van der Waals surface area contributed by atoms with Gasteiger partial charge >= 0.3 is 37.6 Å². The van der Waals surface area contributed by atoms with Crippen LogP contribution in [-0.2, 0) is 11.0 Å². The first-order chi connectivity index (χ1) is 4.79. The molecule has 0 saturated carbocycles. The second-order valence-corrected chi connectivity index (χ2v) is 3.00. The predicted octanol–water partition coefficient (Wildman–Crippen LogP) is -2.07. The van der Waals surface area contributed by atoms with E-state index in [1.54, 1.807) is 12.1 Å². The molecule has 5 heteroatoms. The van der Waals surface area contributed by atoms with Crippen molar-refractivity contribution in [1.82, 2.24) is 0 Å². The molecule has 0 bridgehead atoms. The molecule has 1 aromatic heterocycles. The van der Waals surface area contributed by atoms with Crippen molar-refractivity contribution >= 4 is 8.03 Å². The van der Waals surface area contributed by atoms with E-state index >= 15 is 0 Å². The van der Waals surface area contributed by atoms with E-state index in [-0.39, 0.29) is 35.7 Å². The Morgan fingerprint density at radius 2 is 2.36 bits per heavy atom. The van der Waals surface area contributed by atoms with Crippen LogP contribution in [0.4, 0.5) is 0 Å². The third-order valence-electron chi connectivity index (χ3n) is 1.12. The number of furan rings is 1. The second-order valence-electron chi connectivity index (χ2n) is 1.89. The normalized spacial score (nSPS) is 10.5. The fraction of sp³-hybridized carbons (Fsp3) is 0.333. The van der Waals surface area contributed by atoms with Crippen LogP contribution in [-0.4, -0.2) is 6.16 Å². The molecule has 3 nitrogen and oxygen atoms in total. The summed E-state index contributed by atoms with van der Waals surface area (Å²) in [6.07, 6.45) is 2.18. The van der Waals surface area contributed by atoms with Crippen LogP contribution in [0.1, 0.15) is 5.76 Å². The summed E-state index contributed by atoms with van der Waals surface area (Å²) in [7, 11) is -2.27. The van der Waals surface area contributed by atoms with E-state index in [2.05, 4.69) is 0 Å². The predicted molar refractivity (Wildman–Crippen MR) is 34.9 cm³/mol. The Hall–Kier alpha value is 0.340. The minimum atomic E-state index is -2.27. The van der Waals surface area contributed by atoms with Crippen molar-refractivity contribution < 1.29 is 43.4 Å². The topological polar surface area (TPSA) is 53.3 Å². The van der Waals surface area contributed by atoms with Gasteiger partial charge in [0.15, 0.2) is 0 Å². The van der Waals surface area contributed by atoms with Gasteiger partial charge in [0.2, 0.25) is 0 Å². The maximum Gasteiger partial charge on any atom is 1.00 e. The minimum Gasteiger partial charge on any atom is -0.596 e. The van der Waals surface area contributed by atoms with Gasteiger partial charge in [0.25, 0.3) is 0 Å². The van der Waals surface area contributed by atoms with Crippen LogP contribution in [0, 0.1) is 0 Å². The molecule has 54 valence electrons. The Morgan fingerprint density at radius 1 is 1.64 bits per heavy atom. The van der Waals surface area contributed by atoms with Crippen molar-refractivity contribution in [2.24, 2.45) is 0 Å². The molecule has 0 amide bonds. The van der Waals surface area contributed by atoms with Crippen molar-refractivity contribution in [2.75, 3.05) is 6.16 Å². The molecular weight excluding hydrogens is 174 g/mol. The molecule has 0 radical (unpaired) electrons. The van der Waals surface area contributed by atoms with Gasteiger partial charge in [-0.3, -0.25) is 0 Å². The zero-order chi connectivity index (χ0) is 7.40. The summed E-state index contributed by atoms with van der Waals surface area (Å²) in [6, 6.07) is 3.51.